The van der Waals surface area contributed by atoms with Crippen LogP contribution < -0.4 is 16.1 Å². The number of hydrogen-bond acceptors (Lipinski definition) is 3. The average Bonchev–Trinajstić information content (AvgIpc) is 3.13. The Morgan fingerprint density at radius 2 is 1.81 bits per heavy atom. The van der Waals surface area contributed by atoms with Crippen molar-refractivity contribution in [1.82, 2.24) is 15.7 Å². The molecule has 27 heavy (non-hydrogen) atoms. The summed E-state index contributed by atoms with van der Waals surface area (Å²) < 4.78 is 0. The van der Waals surface area contributed by atoms with Gasteiger partial charge in [-0.25, -0.2) is 5.43 Å². The second-order valence-corrected chi connectivity index (χ2v) is 5.93. The number of carbonyl (C=O) groups excluding carboxylic acids is 1. The van der Waals surface area contributed by atoms with E-state index in [0.717, 1.165) is 22.2 Å². The monoisotopic (exact) mass is 362 g/mol. The van der Waals surface area contributed by atoms with Gasteiger partial charge < -0.3 is 15.6 Å². The van der Waals surface area contributed by atoms with Crippen molar-refractivity contribution in [3.05, 3.63) is 65.9 Å². The smallest absolute Gasteiger partial charge is 0.272 e. The molecule has 0 saturated heterocycles. The molecule has 1 amide bonds. The second kappa shape index (κ2) is 8.18. The number of H-pyrrole nitrogens is 1. The first-order valence-electron chi connectivity index (χ1n) is 8.55. The van der Waals surface area contributed by atoms with Gasteiger partial charge in [0, 0.05) is 30.7 Å². The van der Waals surface area contributed by atoms with Crippen molar-refractivity contribution in [3.63, 3.8) is 0 Å². The molecule has 1 heterocycles. The molecule has 0 bridgehead atoms. The molecular weight excluding hydrogens is 340 g/mol. The third kappa shape index (κ3) is 4.33. The molecule has 3 rings (SSSR count). The summed E-state index contributed by atoms with van der Waals surface area (Å²) in [6.45, 7) is 1.90. The van der Waals surface area contributed by atoms with Gasteiger partial charge in [0.25, 0.3) is 5.91 Å². The molecule has 0 aliphatic rings. The zero-order chi connectivity index (χ0) is 19.2. The number of anilines is 1. The molecule has 0 aliphatic carbocycles. The van der Waals surface area contributed by atoms with Crippen molar-refractivity contribution >= 4 is 34.2 Å². The van der Waals surface area contributed by atoms with E-state index in [2.05, 4.69) is 31.1 Å². The fourth-order valence-electron chi connectivity index (χ4n) is 2.61. The minimum atomic E-state index is -0.177. The van der Waals surface area contributed by atoms with Crippen molar-refractivity contribution in [2.24, 2.45) is 10.1 Å². The molecule has 3 aromatic rings. The first kappa shape index (κ1) is 18.2. The highest BCUT2D eigenvalue weighted by molar-refractivity contribution is 6.06. The Hall–Kier alpha value is -3.61. The van der Waals surface area contributed by atoms with E-state index in [1.807, 2.05) is 61.5 Å². The van der Waals surface area contributed by atoms with Crippen molar-refractivity contribution in [3.8, 4) is 0 Å². The first-order chi connectivity index (χ1) is 13.1. The quantitative estimate of drug-likeness (QED) is 0.327. The van der Waals surface area contributed by atoms with Gasteiger partial charge in [0.15, 0.2) is 0 Å². The van der Waals surface area contributed by atoms with Crippen LogP contribution in [-0.2, 0) is 0 Å². The van der Waals surface area contributed by atoms with Crippen molar-refractivity contribution in [1.29, 1.82) is 0 Å². The van der Waals surface area contributed by atoms with Crippen LogP contribution in [0.15, 0.2) is 64.7 Å². The van der Waals surface area contributed by atoms with E-state index in [9.17, 15) is 4.79 Å². The second-order valence-electron chi connectivity index (χ2n) is 5.93. The van der Waals surface area contributed by atoms with Crippen molar-refractivity contribution < 1.29 is 4.79 Å². The molecule has 0 saturated carbocycles. The number of hydrazone groups is 1. The lowest BCUT2D eigenvalue weighted by Gasteiger charge is -2.07. The maximum absolute atomic E-state index is 12.4. The number of fused-ring (bicyclic) bond motifs is 1. The summed E-state index contributed by atoms with van der Waals surface area (Å²) in [5.41, 5.74) is 6.78. The number of para-hydroxylation sites is 1. The van der Waals surface area contributed by atoms with E-state index in [1.54, 1.807) is 14.1 Å². The van der Waals surface area contributed by atoms with Crippen molar-refractivity contribution in [2.75, 3.05) is 19.4 Å². The summed E-state index contributed by atoms with van der Waals surface area (Å²) in [4.78, 5) is 19.6. The summed E-state index contributed by atoms with van der Waals surface area (Å²) in [5, 5.41) is 11.1. The lowest BCUT2D eigenvalue weighted by atomic mass is 10.1. The molecule has 0 unspecified atom stereocenters. The number of aromatic amines is 1. The number of hydrogen-bond donors (Lipinski definition) is 4. The maximum atomic E-state index is 12.4. The molecule has 0 fully saturated rings. The molecule has 7 heteroatoms. The number of benzene rings is 2. The standard InChI is InChI=1S/C20H22N6O/c1-13(25-26-20(21-2)22-3)14-8-10-16(11-9-14)23-19(27)18-12-15-6-4-5-7-17(15)24-18/h4-12,24H,1-3H3,(H,23,27)(H2,21,22,26)/b25-13+. The van der Waals surface area contributed by atoms with Gasteiger partial charge in [-0.15, -0.1) is 0 Å². The molecule has 0 aliphatic heterocycles. The molecule has 4 N–H and O–H groups in total. The largest absolute Gasteiger partial charge is 0.358 e. The first-order valence-corrected chi connectivity index (χ1v) is 8.55. The number of rotatable bonds is 4. The number of aliphatic imine (C=N–C) groups is 1. The van der Waals surface area contributed by atoms with Gasteiger partial charge in [-0.2, -0.15) is 5.10 Å². The van der Waals surface area contributed by atoms with Gasteiger partial charge >= 0.3 is 0 Å². The highest BCUT2D eigenvalue weighted by Crippen LogP contribution is 2.16. The summed E-state index contributed by atoms with van der Waals surface area (Å²) in [5.74, 6) is 0.403. The lowest BCUT2D eigenvalue weighted by Crippen LogP contribution is -2.31. The van der Waals surface area contributed by atoms with Gasteiger partial charge in [-0.3, -0.25) is 9.79 Å². The normalized spacial score (nSPS) is 12.1. The summed E-state index contributed by atoms with van der Waals surface area (Å²) in [7, 11) is 3.44. The van der Waals surface area contributed by atoms with E-state index < -0.39 is 0 Å². The number of guanidine groups is 1. The zero-order valence-corrected chi connectivity index (χ0v) is 15.5. The Morgan fingerprint density at radius 1 is 1.07 bits per heavy atom. The van der Waals surface area contributed by atoms with Crippen molar-refractivity contribution in [2.45, 2.75) is 6.92 Å². The third-order valence-electron chi connectivity index (χ3n) is 4.13. The van der Waals surface area contributed by atoms with Crippen LogP contribution in [0.4, 0.5) is 5.69 Å². The van der Waals surface area contributed by atoms with Crippen LogP contribution in [-0.4, -0.2) is 36.7 Å². The van der Waals surface area contributed by atoms with Crippen LogP contribution in [0.2, 0.25) is 0 Å². The Kier molecular flexibility index (Phi) is 5.51. The number of aromatic nitrogens is 1. The third-order valence-corrected chi connectivity index (χ3v) is 4.13. The Morgan fingerprint density at radius 3 is 2.48 bits per heavy atom. The Bertz CT molecular complexity index is 968. The summed E-state index contributed by atoms with van der Waals surface area (Å²) >= 11 is 0. The zero-order valence-electron chi connectivity index (χ0n) is 15.5. The fourth-order valence-corrected chi connectivity index (χ4v) is 2.61. The van der Waals surface area contributed by atoms with Crippen LogP contribution in [0.25, 0.3) is 10.9 Å². The molecule has 2 aromatic carbocycles. The van der Waals surface area contributed by atoms with Gasteiger partial charge in [-0.05, 0) is 36.8 Å². The highest BCUT2D eigenvalue weighted by Gasteiger charge is 2.09. The number of amides is 1. The number of nitrogens with zero attached hydrogens (tertiary/aromatic N) is 2. The van der Waals surface area contributed by atoms with Crippen LogP contribution >= 0.6 is 0 Å². The average molecular weight is 362 g/mol. The van der Waals surface area contributed by atoms with Crippen LogP contribution in [0.3, 0.4) is 0 Å². The Labute approximate surface area is 157 Å². The predicted octanol–water partition coefficient (Wildman–Crippen LogP) is 2.94. The fraction of sp³-hybridized carbons (Fsp3) is 0.150. The van der Waals surface area contributed by atoms with Crippen LogP contribution in [0.5, 0.6) is 0 Å². The topological polar surface area (TPSA) is 93.7 Å². The number of nitrogens with one attached hydrogen (secondary N) is 4. The van der Waals surface area contributed by atoms with E-state index in [1.165, 1.54) is 0 Å². The molecule has 7 nitrogen and oxygen atoms in total. The molecule has 138 valence electrons. The molecular formula is C20H22N6O. The number of carbonyl (C=O) groups is 1. The van der Waals surface area contributed by atoms with Gasteiger partial charge in [-0.1, -0.05) is 30.3 Å². The summed E-state index contributed by atoms with van der Waals surface area (Å²) in [6, 6.07) is 17.1. The molecule has 0 atom stereocenters. The predicted molar refractivity (Wildman–Crippen MR) is 110 cm³/mol. The van der Waals surface area contributed by atoms with Gasteiger partial charge in [0.1, 0.15) is 5.69 Å². The molecule has 1 aromatic heterocycles. The van der Waals surface area contributed by atoms with E-state index in [-0.39, 0.29) is 5.91 Å². The SMILES string of the molecule is CN=C(NC)N/N=C(\C)c1ccc(NC(=O)c2cc3ccccc3[nH]2)cc1. The van der Waals surface area contributed by atoms with Crippen LogP contribution in [0, 0.1) is 0 Å². The highest BCUT2D eigenvalue weighted by atomic mass is 16.1. The minimum Gasteiger partial charge on any atom is -0.358 e. The van der Waals surface area contributed by atoms with E-state index >= 15 is 0 Å². The van der Waals surface area contributed by atoms with Gasteiger partial charge in [0.2, 0.25) is 5.96 Å². The molecule has 0 spiro atoms. The summed E-state index contributed by atoms with van der Waals surface area (Å²) in [6.07, 6.45) is 0. The lowest BCUT2D eigenvalue weighted by molar-refractivity contribution is 0.102. The van der Waals surface area contributed by atoms with E-state index in [0.29, 0.717) is 17.3 Å². The minimum absolute atomic E-state index is 0.177. The Balaban J connectivity index is 1.68. The molecule has 0 radical (unpaired) electrons. The van der Waals surface area contributed by atoms with Gasteiger partial charge in [0.05, 0.1) is 5.71 Å². The maximum Gasteiger partial charge on any atom is 0.272 e. The van der Waals surface area contributed by atoms with Crippen LogP contribution in [0.1, 0.15) is 23.0 Å². The van der Waals surface area contributed by atoms with E-state index in [4.69, 9.17) is 0 Å².